The summed E-state index contributed by atoms with van der Waals surface area (Å²) in [6, 6.07) is 4.47. The number of halogens is 2. The van der Waals surface area contributed by atoms with Crippen molar-refractivity contribution in [2.45, 2.75) is 64.7 Å². The van der Waals surface area contributed by atoms with Crippen LogP contribution < -0.4 is 5.32 Å². The Morgan fingerprint density at radius 2 is 1.71 bits per heavy atom. The fourth-order valence-corrected chi connectivity index (χ4v) is 2.76. The summed E-state index contributed by atoms with van der Waals surface area (Å²) < 4.78 is 13.6. The predicted molar refractivity (Wildman–Crippen MR) is 101 cm³/mol. The highest BCUT2D eigenvalue weighted by molar-refractivity contribution is 6.32. The highest BCUT2D eigenvalue weighted by atomic mass is 35.5. The van der Waals surface area contributed by atoms with Gasteiger partial charge in [0, 0.05) is 18.2 Å². The maximum absolute atomic E-state index is 13.6. The van der Waals surface area contributed by atoms with Crippen LogP contribution in [0.25, 0.3) is 6.08 Å². The van der Waals surface area contributed by atoms with Crippen LogP contribution in [-0.4, -0.2) is 12.5 Å². The molecule has 0 fully saturated rings. The van der Waals surface area contributed by atoms with Gasteiger partial charge in [0.25, 0.3) is 0 Å². The van der Waals surface area contributed by atoms with E-state index in [9.17, 15) is 9.18 Å². The van der Waals surface area contributed by atoms with Crippen molar-refractivity contribution in [2.75, 3.05) is 6.54 Å². The topological polar surface area (TPSA) is 29.1 Å². The summed E-state index contributed by atoms with van der Waals surface area (Å²) in [7, 11) is 0. The van der Waals surface area contributed by atoms with Crippen LogP contribution in [0.2, 0.25) is 5.02 Å². The zero-order valence-corrected chi connectivity index (χ0v) is 15.4. The Bertz CT molecular complexity index is 496. The predicted octanol–water partition coefficient (Wildman–Crippen LogP) is 6.14. The molecule has 134 valence electrons. The van der Waals surface area contributed by atoms with Crippen LogP contribution in [0.4, 0.5) is 4.39 Å². The van der Waals surface area contributed by atoms with E-state index < -0.39 is 5.82 Å². The van der Waals surface area contributed by atoms with Gasteiger partial charge in [-0.2, -0.15) is 0 Å². The van der Waals surface area contributed by atoms with Crippen molar-refractivity contribution in [2.24, 2.45) is 0 Å². The molecule has 0 aromatic heterocycles. The maximum atomic E-state index is 13.6. The molecule has 1 N–H and O–H groups in total. The molecule has 1 aromatic carbocycles. The summed E-state index contributed by atoms with van der Waals surface area (Å²) in [5.41, 5.74) is 0.248. The molecule has 0 aliphatic carbocycles. The fourth-order valence-electron chi connectivity index (χ4n) is 2.54. The molecule has 1 rings (SSSR count). The molecule has 4 heteroatoms. The first kappa shape index (κ1) is 20.7. The van der Waals surface area contributed by atoms with Crippen LogP contribution in [0.5, 0.6) is 0 Å². The molecule has 1 aromatic rings. The highest BCUT2D eigenvalue weighted by Crippen LogP contribution is 2.20. The quantitative estimate of drug-likeness (QED) is 0.355. The molecule has 0 spiro atoms. The van der Waals surface area contributed by atoms with Crippen LogP contribution in [0.3, 0.4) is 0 Å². The molecule has 0 unspecified atom stereocenters. The Morgan fingerprint density at radius 3 is 2.33 bits per heavy atom. The van der Waals surface area contributed by atoms with Crippen LogP contribution in [0.15, 0.2) is 24.3 Å². The molecule has 0 atom stereocenters. The van der Waals surface area contributed by atoms with E-state index in [0.717, 1.165) is 12.8 Å². The molecule has 2 nitrogen and oxygen atoms in total. The van der Waals surface area contributed by atoms with Crippen LogP contribution in [0.1, 0.15) is 70.3 Å². The second-order valence-electron chi connectivity index (χ2n) is 6.09. The minimum atomic E-state index is -0.425. The van der Waals surface area contributed by atoms with E-state index in [0.29, 0.717) is 11.6 Å². The normalized spacial score (nSPS) is 11.1. The number of nitrogens with one attached hydrogen (secondary N) is 1. The number of unbranched alkanes of at least 4 members (excludes halogenated alkanes) is 8. The molecule has 0 saturated heterocycles. The lowest BCUT2D eigenvalue weighted by Gasteiger charge is -2.04. The minimum absolute atomic E-state index is 0.214. The van der Waals surface area contributed by atoms with Crippen molar-refractivity contribution in [3.8, 4) is 0 Å². The standard InChI is InChI=1S/C20H29ClFNO/c1-2-3-4-5-6-7-8-9-10-16-23-20(24)15-14-17-18(21)12-11-13-19(17)22/h11-15H,2-10,16H2,1H3,(H,23,24). The maximum Gasteiger partial charge on any atom is 0.244 e. The van der Waals surface area contributed by atoms with Gasteiger partial charge in [0.2, 0.25) is 5.91 Å². The third-order valence-electron chi connectivity index (χ3n) is 3.98. The molecule has 0 heterocycles. The number of hydrogen-bond acceptors (Lipinski definition) is 1. The number of amides is 1. The Kier molecular flexibility index (Phi) is 11.2. The molecule has 24 heavy (non-hydrogen) atoms. The lowest BCUT2D eigenvalue weighted by molar-refractivity contribution is -0.116. The van der Waals surface area contributed by atoms with Crippen molar-refractivity contribution < 1.29 is 9.18 Å². The molecule has 0 aliphatic heterocycles. The number of carbonyl (C=O) groups excluding carboxylic acids is 1. The van der Waals surface area contributed by atoms with Gasteiger partial charge in [-0.05, 0) is 24.6 Å². The summed E-state index contributed by atoms with van der Waals surface area (Å²) in [6.45, 7) is 2.89. The molecule has 0 saturated carbocycles. The Labute approximate surface area is 150 Å². The third kappa shape index (κ3) is 9.07. The second kappa shape index (κ2) is 13.0. The minimum Gasteiger partial charge on any atom is -0.353 e. The van der Waals surface area contributed by atoms with E-state index in [1.807, 2.05) is 0 Å². The van der Waals surface area contributed by atoms with Gasteiger partial charge in [-0.25, -0.2) is 4.39 Å². The molecular weight excluding hydrogens is 325 g/mol. The average Bonchev–Trinajstić information content (AvgIpc) is 2.56. The van der Waals surface area contributed by atoms with Gasteiger partial charge in [0.05, 0.1) is 5.02 Å². The SMILES string of the molecule is CCCCCCCCCCCNC(=O)C=Cc1c(F)cccc1Cl. The smallest absolute Gasteiger partial charge is 0.244 e. The van der Waals surface area contributed by atoms with E-state index in [1.54, 1.807) is 12.1 Å². The van der Waals surface area contributed by atoms with Gasteiger partial charge >= 0.3 is 0 Å². The van der Waals surface area contributed by atoms with Gasteiger partial charge in [0.15, 0.2) is 0 Å². The van der Waals surface area contributed by atoms with Gasteiger partial charge in [0.1, 0.15) is 5.82 Å². The van der Waals surface area contributed by atoms with Crippen molar-refractivity contribution in [1.82, 2.24) is 5.32 Å². The zero-order valence-electron chi connectivity index (χ0n) is 14.6. The van der Waals surface area contributed by atoms with Gasteiger partial charge in [-0.3, -0.25) is 4.79 Å². The largest absolute Gasteiger partial charge is 0.353 e. The van der Waals surface area contributed by atoms with E-state index in [4.69, 9.17) is 11.6 Å². The average molecular weight is 354 g/mol. The summed E-state index contributed by atoms with van der Waals surface area (Å²) in [6.07, 6.45) is 14.0. The van der Waals surface area contributed by atoms with Crippen molar-refractivity contribution in [1.29, 1.82) is 0 Å². The Balaban J connectivity index is 2.09. The first-order chi connectivity index (χ1) is 11.6. The van der Waals surface area contributed by atoms with E-state index >= 15 is 0 Å². The third-order valence-corrected chi connectivity index (χ3v) is 4.31. The molecular formula is C20H29ClFNO. The highest BCUT2D eigenvalue weighted by Gasteiger charge is 2.03. The van der Waals surface area contributed by atoms with Gasteiger partial charge in [-0.15, -0.1) is 0 Å². The number of carbonyl (C=O) groups is 1. The fraction of sp³-hybridized carbons (Fsp3) is 0.550. The Hall–Kier alpha value is -1.35. The number of benzene rings is 1. The summed E-state index contributed by atoms with van der Waals surface area (Å²) in [5, 5.41) is 3.12. The molecule has 1 amide bonds. The van der Waals surface area contributed by atoms with Crippen LogP contribution in [-0.2, 0) is 4.79 Å². The molecule has 0 aliphatic rings. The zero-order chi connectivity index (χ0) is 17.6. The van der Waals surface area contributed by atoms with Crippen molar-refractivity contribution >= 4 is 23.6 Å². The molecule has 0 radical (unpaired) electrons. The van der Waals surface area contributed by atoms with E-state index in [-0.39, 0.29) is 11.5 Å². The number of rotatable bonds is 12. The van der Waals surface area contributed by atoms with Gasteiger partial charge in [-0.1, -0.05) is 76.0 Å². The molecule has 0 bridgehead atoms. The second-order valence-corrected chi connectivity index (χ2v) is 6.50. The summed E-state index contributed by atoms with van der Waals surface area (Å²) in [5.74, 6) is -0.639. The summed E-state index contributed by atoms with van der Waals surface area (Å²) in [4.78, 5) is 11.7. The van der Waals surface area contributed by atoms with E-state index in [2.05, 4.69) is 12.2 Å². The number of hydrogen-bond donors (Lipinski definition) is 1. The Morgan fingerprint density at radius 1 is 1.08 bits per heavy atom. The lowest BCUT2D eigenvalue weighted by atomic mass is 10.1. The van der Waals surface area contributed by atoms with Crippen molar-refractivity contribution in [3.05, 3.63) is 40.7 Å². The van der Waals surface area contributed by atoms with Crippen LogP contribution in [0, 0.1) is 5.82 Å². The first-order valence-electron chi connectivity index (χ1n) is 9.05. The lowest BCUT2D eigenvalue weighted by Crippen LogP contribution is -2.21. The first-order valence-corrected chi connectivity index (χ1v) is 9.43. The van der Waals surface area contributed by atoms with Gasteiger partial charge < -0.3 is 5.32 Å². The van der Waals surface area contributed by atoms with Crippen molar-refractivity contribution in [3.63, 3.8) is 0 Å². The van der Waals surface area contributed by atoms with E-state index in [1.165, 1.54) is 63.2 Å². The van der Waals surface area contributed by atoms with Crippen LogP contribution >= 0.6 is 11.6 Å². The monoisotopic (exact) mass is 353 g/mol. The summed E-state index contributed by atoms with van der Waals surface area (Å²) >= 11 is 5.91.